The molecule has 0 aromatic heterocycles. The van der Waals surface area contributed by atoms with Gasteiger partial charge in [0.25, 0.3) is 0 Å². The van der Waals surface area contributed by atoms with E-state index < -0.39 is 15.6 Å². The second kappa shape index (κ2) is 6.47. The normalized spacial score (nSPS) is 12.6. The topological polar surface area (TPSA) is 67.4 Å². The predicted octanol–water partition coefficient (Wildman–Crippen LogP) is 1.11. The van der Waals surface area contributed by atoms with Gasteiger partial charge in [0.15, 0.2) is 0 Å². The van der Waals surface area contributed by atoms with Gasteiger partial charge >= 0.3 is 0 Å². The van der Waals surface area contributed by atoms with E-state index in [-0.39, 0.29) is 11.4 Å². The maximum atomic E-state index is 12.1. The van der Waals surface area contributed by atoms with Crippen molar-refractivity contribution in [2.45, 2.75) is 30.9 Å². The second-order valence-electron chi connectivity index (χ2n) is 4.96. The van der Waals surface area contributed by atoms with Crippen molar-refractivity contribution in [1.29, 1.82) is 0 Å². The van der Waals surface area contributed by atoms with Crippen LogP contribution >= 0.6 is 0 Å². The number of rotatable bonds is 7. The van der Waals surface area contributed by atoms with Gasteiger partial charge in [-0.3, -0.25) is 0 Å². The van der Waals surface area contributed by atoms with Gasteiger partial charge in [0, 0.05) is 20.2 Å². The highest BCUT2D eigenvalue weighted by Gasteiger charge is 2.21. The quantitative estimate of drug-likeness (QED) is 0.788. The summed E-state index contributed by atoms with van der Waals surface area (Å²) in [5.74, 6) is 0. The standard InChI is InChI=1S/C13H22N2O3S/c1-13(2,18-4)10-15-19(16,17)12-7-5-11(6-8-12)9-14-3/h5-8,14-15H,9-10H2,1-4H3. The van der Waals surface area contributed by atoms with Gasteiger partial charge in [0.2, 0.25) is 10.0 Å². The number of hydrogen-bond donors (Lipinski definition) is 2. The summed E-state index contributed by atoms with van der Waals surface area (Å²) >= 11 is 0. The highest BCUT2D eigenvalue weighted by molar-refractivity contribution is 7.89. The molecule has 1 rings (SSSR count). The van der Waals surface area contributed by atoms with Gasteiger partial charge < -0.3 is 10.1 Å². The van der Waals surface area contributed by atoms with Crippen LogP contribution in [0.2, 0.25) is 0 Å². The summed E-state index contributed by atoms with van der Waals surface area (Å²) in [5, 5.41) is 3.01. The molecule has 1 aromatic carbocycles. The summed E-state index contributed by atoms with van der Waals surface area (Å²) in [6.07, 6.45) is 0. The van der Waals surface area contributed by atoms with Crippen molar-refractivity contribution < 1.29 is 13.2 Å². The monoisotopic (exact) mass is 286 g/mol. The first-order valence-corrected chi connectivity index (χ1v) is 7.57. The Hall–Kier alpha value is -0.950. The average molecular weight is 286 g/mol. The summed E-state index contributed by atoms with van der Waals surface area (Å²) in [4.78, 5) is 0.263. The summed E-state index contributed by atoms with van der Waals surface area (Å²) in [5.41, 5.74) is 0.512. The molecule has 108 valence electrons. The Bertz CT molecular complexity index is 495. The molecular weight excluding hydrogens is 264 g/mol. The molecule has 6 heteroatoms. The van der Waals surface area contributed by atoms with Crippen LogP contribution in [-0.4, -0.2) is 34.7 Å². The molecule has 0 radical (unpaired) electrons. The van der Waals surface area contributed by atoms with Crippen LogP contribution < -0.4 is 10.0 Å². The predicted molar refractivity (Wildman–Crippen MR) is 75.5 cm³/mol. The van der Waals surface area contributed by atoms with E-state index in [1.807, 2.05) is 20.9 Å². The van der Waals surface area contributed by atoms with E-state index in [0.29, 0.717) is 6.54 Å². The zero-order valence-electron chi connectivity index (χ0n) is 11.9. The van der Waals surface area contributed by atoms with Gasteiger partial charge in [-0.1, -0.05) is 12.1 Å². The van der Waals surface area contributed by atoms with Crippen LogP contribution in [0.25, 0.3) is 0 Å². The smallest absolute Gasteiger partial charge is 0.240 e. The lowest BCUT2D eigenvalue weighted by Crippen LogP contribution is -2.39. The zero-order chi connectivity index (χ0) is 14.5. The molecule has 1 aromatic rings. The Morgan fingerprint density at radius 2 is 1.79 bits per heavy atom. The van der Waals surface area contributed by atoms with Gasteiger partial charge in [-0.2, -0.15) is 0 Å². The maximum absolute atomic E-state index is 12.1. The molecule has 0 bridgehead atoms. The van der Waals surface area contributed by atoms with Crippen LogP contribution in [0.3, 0.4) is 0 Å². The van der Waals surface area contributed by atoms with Gasteiger partial charge in [-0.25, -0.2) is 13.1 Å². The third kappa shape index (κ3) is 4.91. The molecule has 0 atom stereocenters. The third-order valence-corrected chi connectivity index (χ3v) is 4.27. The Morgan fingerprint density at radius 1 is 1.21 bits per heavy atom. The summed E-state index contributed by atoms with van der Waals surface area (Å²) in [6.45, 7) is 4.59. The first-order valence-electron chi connectivity index (χ1n) is 6.09. The number of methoxy groups -OCH3 is 1. The van der Waals surface area contributed by atoms with Crippen molar-refractivity contribution in [3.8, 4) is 0 Å². The minimum atomic E-state index is -3.49. The molecule has 0 aliphatic heterocycles. The fraction of sp³-hybridized carbons (Fsp3) is 0.538. The van der Waals surface area contributed by atoms with E-state index in [0.717, 1.165) is 5.56 Å². The largest absolute Gasteiger partial charge is 0.377 e. The van der Waals surface area contributed by atoms with E-state index in [4.69, 9.17) is 4.74 Å². The summed E-state index contributed by atoms with van der Waals surface area (Å²) in [6, 6.07) is 6.81. The molecule has 0 unspecified atom stereocenters. The van der Waals surface area contributed by atoms with Crippen LogP contribution in [-0.2, 0) is 21.3 Å². The third-order valence-electron chi connectivity index (χ3n) is 2.86. The molecule has 0 fully saturated rings. The van der Waals surface area contributed by atoms with E-state index >= 15 is 0 Å². The van der Waals surface area contributed by atoms with Crippen LogP contribution in [0.1, 0.15) is 19.4 Å². The van der Waals surface area contributed by atoms with Gasteiger partial charge in [-0.15, -0.1) is 0 Å². The molecule has 19 heavy (non-hydrogen) atoms. The number of ether oxygens (including phenoxy) is 1. The molecule has 0 amide bonds. The average Bonchev–Trinajstić information content (AvgIpc) is 2.38. The van der Waals surface area contributed by atoms with Gasteiger partial charge in [-0.05, 0) is 38.6 Å². The number of hydrogen-bond acceptors (Lipinski definition) is 4. The maximum Gasteiger partial charge on any atom is 0.240 e. The van der Waals surface area contributed by atoms with Crippen molar-refractivity contribution in [3.63, 3.8) is 0 Å². The Morgan fingerprint density at radius 3 is 2.26 bits per heavy atom. The molecule has 0 aliphatic rings. The van der Waals surface area contributed by atoms with Crippen molar-refractivity contribution in [2.75, 3.05) is 20.7 Å². The molecule has 0 saturated heterocycles. The number of nitrogens with one attached hydrogen (secondary N) is 2. The Balaban J connectivity index is 2.77. The lowest BCUT2D eigenvalue weighted by molar-refractivity contribution is 0.0276. The number of benzene rings is 1. The first-order chi connectivity index (χ1) is 8.80. The van der Waals surface area contributed by atoms with Crippen LogP contribution in [0.5, 0.6) is 0 Å². The highest BCUT2D eigenvalue weighted by Crippen LogP contribution is 2.12. The van der Waals surface area contributed by atoms with E-state index in [2.05, 4.69) is 10.0 Å². The minimum Gasteiger partial charge on any atom is -0.377 e. The Labute approximate surface area is 115 Å². The minimum absolute atomic E-state index is 0.226. The molecular formula is C13H22N2O3S. The lowest BCUT2D eigenvalue weighted by atomic mass is 10.1. The molecule has 0 spiro atoms. The molecule has 0 aliphatic carbocycles. The van der Waals surface area contributed by atoms with Crippen molar-refractivity contribution in [2.24, 2.45) is 0 Å². The van der Waals surface area contributed by atoms with E-state index in [1.54, 1.807) is 31.4 Å². The van der Waals surface area contributed by atoms with Crippen LogP contribution in [0, 0.1) is 0 Å². The van der Waals surface area contributed by atoms with E-state index in [1.165, 1.54) is 0 Å². The van der Waals surface area contributed by atoms with Gasteiger partial charge in [0.1, 0.15) is 0 Å². The Kier molecular flexibility index (Phi) is 5.49. The number of sulfonamides is 1. The second-order valence-corrected chi connectivity index (χ2v) is 6.73. The fourth-order valence-corrected chi connectivity index (χ4v) is 2.61. The fourth-order valence-electron chi connectivity index (χ4n) is 1.41. The van der Waals surface area contributed by atoms with Gasteiger partial charge in [0.05, 0.1) is 10.5 Å². The van der Waals surface area contributed by atoms with Crippen molar-refractivity contribution in [1.82, 2.24) is 10.0 Å². The molecule has 5 nitrogen and oxygen atoms in total. The summed E-state index contributed by atoms with van der Waals surface area (Å²) in [7, 11) is -0.0830. The van der Waals surface area contributed by atoms with Crippen LogP contribution in [0.15, 0.2) is 29.2 Å². The van der Waals surface area contributed by atoms with Crippen molar-refractivity contribution >= 4 is 10.0 Å². The summed E-state index contributed by atoms with van der Waals surface area (Å²) < 4.78 is 31.9. The zero-order valence-corrected chi connectivity index (χ0v) is 12.7. The van der Waals surface area contributed by atoms with Crippen LogP contribution in [0.4, 0.5) is 0 Å². The SMILES string of the molecule is CNCc1ccc(S(=O)(=O)NCC(C)(C)OC)cc1. The highest BCUT2D eigenvalue weighted by atomic mass is 32.2. The lowest BCUT2D eigenvalue weighted by Gasteiger charge is -2.23. The molecule has 2 N–H and O–H groups in total. The molecule has 0 heterocycles. The van der Waals surface area contributed by atoms with E-state index in [9.17, 15) is 8.42 Å². The molecule has 0 saturated carbocycles. The first kappa shape index (κ1) is 16.1. The van der Waals surface area contributed by atoms with Crippen molar-refractivity contribution in [3.05, 3.63) is 29.8 Å².